The van der Waals surface area contributed by atoms with Crippen molar-refractivity contribution in [2.24, 2.45) is 0 Å². The SMILES string of the molecule is c1cc2c3c(c1)Oc1c(cccc1-c1ccc(-c4ccncc4)cc1)B3c1cccc(-c3ccc(-c4ccncc4)cc3)c1O2. The molecule has 0 saturated heterocycles. The molecule has 0 fully saturated rings. The van der Waals surface area contributed by atoms with Crippen molar-refractivity contribution in [3.8, 4) is 67.5 Å². The number of hydrogen-bond donors (Lipinski definition) is 0. The zero-order valence-electron chi connectivity index (χ0n) is 24.2. The summed E-state index contributed by atoms with van der Waals surface area (Å²) in [6, 6.07) is 44.5. The van der Waals surface area contributed by atoms with Gasteiger partial charge in [0.25, 0.3) is 6.71 Å². The van der Waals surface area contributed by atoms with Gasteiger partial charge in [0.05, 0.1) is 0 Å². The maximum absolute atomic E-state index is 6.72. The van der Waals surface area contributed by atoms with Gasteiger partial charge < -0.3 is 9.47 Å². The third-order valence-electron chi connectivity index (χ3n) is 8.87. The van der Waals surface area contributed by atoms with Crippen LogP contribution in [0.15, 0.2) is 152 Å². The van der Waals surface area contributed by atoms with Crippen LogP contribution in [0.2, 0.25) is 0 Å². The number of nitrogens with zero attached hydrogens (tertiary/aromatic N) is 2. The summed E-state index contributed by atoms with van der Waals surface area (Å²) < 4.78 is 13.4. The monoisotopic (exact) mass is 576 g/mol. The first-order valence-corrected chi connectivity index (χ1v) is 15.1. The Morgan fingerprint density at radius 2 is 0.756 bits per heavy atom. The largest absolute Gasteiger partial charge is 0.458 e. The van der Waals surface area contributed by atoms with Crippen molar-refractivity contribution in [3.63, 3.8) is 0 Å². The topological polar surface area (TPSA) is 44.2 Å². The number of hydrogen-bond acceptors (Lipinski definition) is 4. The number of fused-ring (bicyclic) bond motifs is 4. The van der Waals surface area contributed by atoms with E-state index in [9.17, 15) is 0 Å². The molecule has 0 spiro atoms. The highest BCUT2D eigenvalue weighted by Crippen LogP contribution is 2.42. The molecule has 0 saturated carbocycles. The quantitative estimate of drug-likeness (QED) is 0.200. The molecule has 210 valence electrons. The van der Waals surface area contributed by atoms with Crippen LogP contribution >= 0.6 is 0 Å². The van der Waals surface area contributed by atoms with Crippen molar-refractivity contribution in [2.75, 3.05) is 0 Å². The molecule has 4 heterocycles. The predicted molar refractivity (Wildman–Crippen MR) is 181 cm³/mol. The lowest BCUT2D eigenvalue weighted by molar-refractivity contribution is 0.466. The van der Waals surface area contributed by atoms with Gasteiger partial charge in [-0.15, -0.1) is 0 Å². The van der Waals surface area contributed by atoms with E-state index in [1.165, 1.54) is 0 Å². The Hall–Kier alpha value is -5.94. The Balaban J connectivity index is 1.15. The minimum absolute atomic E-state index is 0.0178. The molecule has 0 amide bonds. The molecule has 2 aromatic heterocycles. The van der Waals surface area contributed by atoms with Crippen LogP contribution in [0.25, 0.3) is 44.5 Å². The Kier molecular flexibility index (Phi) is 5.88. The van der Waals surface area contributed by atoms with E-state index in [-0.39, 0.29) is 6.71 Å². The van der Waals surface area contributed by atoms with Gasteiger partial charge in [-0.25, -0.2) is 0 Å². The Bertz CT molecular complexity index is 2050. The molecule has 0 atom stereocenters. The van der Waals surface area contributed by atoms with E-state index in [0.717, 1.165) is 83.9 Å². The lowest BCUT2D eigenvalue weighted by atomic mass is 9.34. The Morgan fingerprint density at radius 1 is 0.378 bits per heavy atom. The summed E-state index contributed by atoms with van der Waals surface area (Å²) in [5, 5.41) is 0. The van der Waals surface area contributed by atoms with Gasteiger partial charge in [0, 0.05) is 41.4 Å². The second kappa shape index (κ2) is 10.4. The summed E-state index contributed by atoms with van der Waals surface area (Å²) in [5.74, 6) is 3.46. The molecule has 0 bridgehead atoms. The van der Waals surface area contributed by atoms with E-state index >= 15 is 0 Å². The van der Waals surface area contributed by atoms with Crippen molar-refractivity contribution in [3.05, 3.63) is 152 Å². The summed E-state index contributed by atoms with van der Waals surface area (Å²) >= 11 is 0. The fourth-order valence-corrected chi connectivity index (χ4v) is 6.70. The molecular weight excluding hydrogens is 551 g/mol. The first-order chi connectivity index (χ1) is 22.3. The number of para-hydroxylation sites is 2. The smallest absolute Gasteiger partial charge is 0.260 e. The summed E-state index contributed by atoms with van der Waals surface area (Å²) in [4.78, 5) is 8.31. The fraction of sp³-hybridized carbons (Fsp3) is 0. The van der Waals surface area contributed by atoms with Gasteiger partial charge in [-0.3, -0.25) is 9.97 Å². The molecule has 5 aromatic carbocycles. The highest BCUT2D eigenvalue weighted by atomic mass is 16.5. The van der Waals surface area contributed by atoms with Gasteiger partial charge in [-0.2, -0.15) is 0 Å². The maximum Gasteiger partial charge on any atom is 0.260 e. The Labute approximate surface area is 261 Å². The molecule has 9 rings (SSSR count). The van der Waals surface area contributed by atoms with Gasteiger partial charge in [-0.1, -0.05) is 91.0 Å². The maximum atomic E-state index is 6.72. The van der Waals surface area contributed by atoms with E-state index in [4.69, 9.17) is 9.47 Å². The number of rotatable bonds is 4. The summed E-state index contributed by atoms with van der Waals surface area (Å²) in [6.45, 7) is -0.0178. The molecule has 0 radical (unpaired) electrons. The average Bonchev–Trinajstić information content (AvgIpc) is 3.12. The van der Waals surface area contributed by atoms with Gasteiger partial charge >= 0.3 is 0 Å². The molecule has 4 nitrogen and oxygen atoms in total. The first kappa shape index (κ1) is 25.6. The minimum atomic E-state index is -0.0178. The zero-order valence-corrected chi connectivity index (χ0v) is 24.2. The van der Waals surface area contributed by atoms with Crippen LogP contribution in [-0.2, 0) is 0 Å². The van der Waals surface area contributed by atoms with Crippen molar-refractivity contribution in [2.45, 2.75) is 0 Å². The predicted octanol–water partition coefficient (Wildman–Crippen LogP) is 7.87. The molecule has 2 aliphatic rings. The molecule has 0 N–H and O–H groups in total. The van der Waals surface area contributed by atoms with Crippen LogP contribution in [0, 0.1) is 0 Å². The van der Waals surface area contributed by atoms with Gasteiger partial charge in [0.2, 0.25) is 0 Å². The second-order valence-electron chi connectivity index (χ2n) is 11.4. The van der Waals surface area contributed by atoms with E-state index in [2.05, 4.69) is 94.9 Å². The van der Waals surface area contributed by atoms with E-state index < -0.39 is 0 Å². The zero-order chi connectivity index (χ0) is 29.7. The van der Waals surface area contributed by atoms with Crippen LogP contribution in [0.3, 0.4) is 0 Å². The van der Waals surface area contributed by atoms with Crippen molar-refractivity contribution < 1.29 is 9.47 Å². The molecule has 2 aliphatic heterocycles. The van der Waals surface area contributed by atoms with Crippen LogP contribution in [0.5, 0.6) is 23.0 Å². The minimum Gasteiger partial charge on any atom is -0.458 e. The highest BCUT2D eigenvalue weighted by molar-refractivity contribution is 6.98. The molecule has 7 aromatic rings. The molecule has 5 heteroatoms. The molecular formula is C40H25BN2O2. The fourth-order valence-electron chi connectivity index (χ4n) is 6.70. The number of pyridine rings is 2. The molecule has 0 aliphatic carbocycles. The highest BCUT2D eigenvalue weighted by Gasteiger charge is 2.41. The number of ether oxygens (including phenoxy) is 2. The van der Waals surface area contributed by atoms with Crippen molar-refractivity contribution in [1.29, 1.82) is 0 Å². The summed E-state index contributed by atoms with van der Waals surface area (Å²) in [5.41, 5.74) is 12.3. The number of benzene rings is 5. The lowest BCUT2D eigenvalue weighted by Crippen LogP contribution is -2.57. The lowest BCUT2D eigenvalue weighted by Gasteiger charge is -2.34. The first-order valence-electron chi connectivity index (χ1n) is 15.1. The van der Waals surface area contributed by atoms with Gasteiger partial charge in [0.15, 0.2) is 0 Å². The standard InChI is InChI=1S/C40H25BN2O2/c1-4-32(30-14-10-26(11-15-30)28-18-22-42-23-19-28)39-34(6-1)41-35-7-2-5-33(40(35)45-37-9-3-8-36(44-39)38(37)41)31-16-12-27(13-17-31)29-20-24-43-25-21-29/h1-25H. The van der Waals surface area contributed by atoms with Crippen LogP contribution in [0.4, 0.5) is 0 Å². The van der Waals surface area contributed by atoms with Crippen molar-refractivity contribution in [1.82, 2.24) is 9.97 Å². The average molecular weight is 576 g/mol. The van der Waals surface area contributed by atoms with Gasteiger partial charge in [0.1, 0.15) is 23.0 Å². The third kappa shape index (κ3) is 4.24. The summed E-state index contributed by atoms with van der Waals surface area (Å²) in [7, 11) is 0. The van der Waals surface area contributed by atoms with E-state index in [1.807, 2.05) is 67.3 Å². The van der Waals surface area contributed by atoms with Gasteiger partial charge in [-0.05, 0) is 80.7 Å². The molecule has 0 unspecified atom stereocenters. The van der Waals surface area contributed by atoms with Crippen LogP contribution < -0.4 is 25.9 Å². The summed E-state index contributed by atoms with van der Waals surface area (Å²) in [6.07, 6.45) is 7.30. The van der Waals surface area contributed by atoms with Crippen LogP contribution in [-0.4, -0.2) is 16.7 Å². The number of aromatic nitrogens is 2. The Morgan fingerprint density at radius 3 is 1.20 bits per heavy atom. The van der Waals surface area contributed by atoms with Crippen molar-refractivity contribution >= 4 is 23.1 Å². The van der Waals surface area contributed by atoms with Crippen LogP contribution in [0.1, 0.15) is 0 Å². The normalized spacial score (nSPS) is 12.3. The van der Waals surface area contributed by atoms with E-state index in [0.29, 0.717) is 0 Å². The third-order valence-corrected chi connectivity index (χ3v) is 8.87. The van der Waals surface area contributed by atoms with E-state index in [1.54, 1.807) is 0 Å². The second-order valence-corrected chi connectivity index (χ2v) is 11.4. The molecule has 45 heavy (non-hydrogen) atoms.